The minimum absolute atomic E-state index is 0.131. The summed E-state index contributed by atoms with van der Waals surface area (Å²) >= 11 is 19.3. The van der Waals surface area contributed by atoms with Crippen LogP contribution >= 0.6 is 43.4 Å². The highest BCUT2D eigenvalue weighted by Gasteiger charge is 2.28. The Balaban J connectivity index is 1.16. The SMILES string of the molecule is ClCC(COc1cccc2ccccc12)OP(OC(CCl)COc1cccc2ccccc12)OC(CCl)COc1cccc2ccccc12. The van der Waals surface area contributed by atoms with E-state index in [2.05, 4.69) is 0 Å². The predicted molar refractivity (Wildman–Crippen MR) is 202 cm³/mol. The van der Waals surface area contributed by atoms with Crippen LogP contribution in [0.5, 0.6) is 17.2 Å². The van der Waals surface area contributed by atoms with Gasteiger partial charge in [0.2, 0.25) is 0 Å². The first kappa shape index (κ1) is 35.5. The smallest absolute Gasteiger partial charge is 0.333 e. The first-order chi connectivity index (χ1) is 24.1. The molecule has 0 heterocycles. The summed E-state index contributed by atoms with van der Waals surface area (Å²) in [5, 5.41) is 6.20. The van der Waals surface area contributed by atoms with Gasteiger partial charge in [0.05, 0.1) is 17.6 Å². The molecule has 0 aliphatic rings. The van der Waals surface area contributed by atoms with Crippen LogP contribution in [0.3, 0.4) is 0 Å². The molecule has 0 aromatic heterocycles. The summed E-state index contributed by atoms with van der Waals surface area (Å²) in [6.07, 6.45) is -1.72. The number of halogens is 3. The van der Waals surface area contributed by atoms with Gasteiger partial charge in [-0.3, -0.25) is 0 Å². The van der Waals surface area contributed by atoms with Crippen molar-refractivity contribution in [2.24, 2.45) is 0 Å². The second-order valence-corrected chi connectivity index (χ2v) is 13.2. The second kappa shape index (κ2) is 18.1. The van der Waals surface area contributed by atoms with Gasteiger partial charge in [0, 0.05) is 16.2 Å². The Hall–Kier alpha value is -3.32. The fourth-order valence-electron chi connectivity index (χ4n) is 5.26. The topological polar surface area (TPSA) is 55.4 Å². The molecule has 3 atom stereocenters. The zero-order valence-corrected chi connectivity index (χ0v) is 29.8. The molecular formula is C39H36Cl3O6P. The third kappa shape index (κ3) is 9.48. The molecule has 0 fully saturated rings. The van der Waals surface area contributed by atoms with Crippen molar-refractivity contribution in [3.05, 3.63) is 127 Å². The lowest BCUT2D eigenvalue weighted by atomic mass is 10.1. The van der Waals surface area contributed by atoms with Crippen LogP contribution in [0, 0.1) is 0 Å². The minimum atomic E-state index is -2.03. The van der Waals surface area contributed by atoms with Crippen molar-refractivity contribution in [2.75, 3.05) is 37.5 Å². The van der Waals surface area contributed by atoms with Gasteiger partial charge in [0.25, 0.3) is 0 Å². The first-order valence-electron chi connectivity index (χ1n) is 15.9. The van der Waals surface area contributed by atoms with Gasteiger partial charge < -0.3 is 27.8 Å². The van der Waals surface area contributed by atoms with Crippen molar-refractivity contribution < 1.29 is 27.8 Å². The van der Waals surface area contributed by atoms with Crippen molar-refractivity contribution >= 4 is 75.7 Å². The number of rotatable bonds is 18. The van der Waals surface area contributed by atoms with E-state index in [0.29, 0.717) is 0 Å². The molecular weight excluding hydrogens is 702 g/mol. The summed E-state index contributed by atoms with van der Waals surface area (Å²) in [6, 6.07) is 41.8. The molecule has 10 heteroatoms. The fraction of sp³-hybridized carbons (Fsp3) is 0.231. The van der Waals surface area contributed by atoms with Gasteiger partial charge in [-0.05, 0) is 34.4 Å². The maximum Gasteiger partial charge on any atom is 0.333 e. The molecule has 6 aromatic carbocycles. The lowest BCUT2D eigenvalue weighted by Crippen LogP contribution is -2.29. The number of fused-ring (bicyclic) bond motifs is 3. The summed E-state index contributed by atoms with van der Waals surface area (Å²) in [5.74, 6) is 2.58. The molecule has 0 aliphatic carbocycles. The van der Waals surface area contributed by atoms with E-state index in [4.69, 9.17) is 62.6 Å². The summed E-state index contributed by atoms with van der Waals surface area (Å²) in [4.78, 5) is 0. The molecule has 254 valence electrons. The van der Waals surface area contributed by atoms with Crippen LogP contribution in [0.2, 0.25) is 0 Å². The van der Waals surface area contributed by atoms with Gasteiger partial charge in [-0.1, -0.05) is 109 Å². The summed E-state index contributed by atoms with van der Waals surface area (Å²) in [6.45, 7) is 0.497. The average molecular weight is 738 g/mol. The largest absolute Gasteiger partial charge is 0.490 e. The van der Waals surface area contributed by atoms with Crippen molar-refractivity contribution in [3.8, 4) is 17.2 Å². The van der Waals surface area contributed by atoms with Crippen LogP contribution in [0.25, 0.3) is 32.3 Å². The quantitative estimate of drug-likeness (QED) is 0.0647. The van der Waals surface area contributed by atoms with Gasteiger partial charge in [-0.15, -0.1) is 34.8 Å². The molecule has 0 bridgehead atoms. The Labute approximate surface area is 302 Å². The highest BCUT2D eigenvalue weighted by molar-refractivity contribution is 7.41. The lowest BCUT2D eigenvalue weighted by molar-refractivity contribution is 0.0420. The van der Waals surface area contributed by atoms with E-state index in [-0.39, 0.29) is 37.5 Å². The lowest BCUT2D eigenvalue weighted by Gasteiger charge is -2.28. The zero-order valence-electron chi connectivity index (χ0n) is 26.6. The highest BCUT2D eigenvalue weighted by Crippen LogP contribution is 2.45. The van der Waals surface area contributed by atoms with E-state index < -0.39 is 26.9 Å². The molecule has 49 heavy (non-hydrogen) atoms. The van der Waals surface area contributed by atoms with Crippen molar-refractivity contribution in [3.63, 3.8) is 0 Å². The monoisotopic (exact) mass is 736 g/mol. The maximum atomic E-state index is 6.42. The molecule has 0 saturated heterocycles. The summed E-state index contributed by atoms with van der Waals surface area (Å²) < 4.78 is 37.8. The van der Waals surface area contributed by atoms with Crippen LogP contribution < -0.4 is 14.2 Å². The standard InChI is InChI=1S/C39H36Cl3O6P/c40-22-31(25-43-37-19-7-13-28-10-1-4-16-34(28)37)46-49(47-32(23-41)26-44-38-20-8-14-29-11-2-5-17-35(29)38)48-33(24-42)27-45-39-21-9-15-30-12-3-6-18-36(30)39/h1-21,31-33H,22-27H2. The summed E-state index contributed by atoms with van der Waals surface area (Å²) in [5.41, 5.74) is 0. The van der Waals surface area contributed by atoms with E-state index in [1.54, 1.807) is 0 Å². The van der Waals surface area contributed by atoms with E-state index in [1.165, 1.54) is 0 Å². The molecule has 0 amide bonds. The molecule has 6 nitrogen and oxygen atoms in total. The third-order valence-electron chi connectivity index (χ3n) is 7.74. The Bertz CT molecular complexity index is 1710. The van der Waals surface area contributed by atoms with Gasteiger partial charge in [0.15, 0.2) is 0 Å². The molecule has 6 aromatic rings. The summed E-state index contributed by atoms with van der Waals surface area (Å²) in [7, 11) is -2.03. The van der Waals surface area contributed by atoms with E-state index in [1.807, 2.05) is 127 Å². The first-order valence-corrected chi connectivity index (χ1v) is 18.6. The second-order valence-electron chi connectivity index (χ2n) is 11.2. The van der Waals surface area contributed by atoms with Gasteiger partial charge >= 0.3 is 8.60 Å². The van der Waals surface area contributed by atoms with Crippen molar-refractivity contribution in [1.29, 1.82) is 0 Å². The number of hydrogen-bond acceptors (Lipinski definition) is 6. The van der Waals surface area contributed by atoms with Crippen LogP contribution in [0.4, 0.5) is 0 Å². The van der Waals surface area contributed by atoms with Crippen LogP contribution in [0.15, 0.2) is 127 Å². The van der Waals surface area contributed by atoms with Crippen molar-refractivity contribution in [1.82, 2.24) is 0 Å². The third-order valence-corrected chi connectivity index (χ3v) is 10.2. The van der Waals surface area contributed by atoms with E-state index in [9.17, 15) is 0 Å². The zero-order chi connectivity index (χ0) is 33.8. The van der Waals surface area contributed by atoms with E-state index >= 15 is 0 Å². The number of hydrogen-bond donors (Lipinski definition) is 0. The molecule has 0 spiro atoms. The normalized spacial score (nSPS) is 14.0. The van der Waals surface area contributed by atoms with Crippen molar-refractivity contribution in [2.45, 2.75) is 18.3 Å². The predicted octanol–water partition coefficient (Wildman–Crippen LogP) is 10.8. The molecule has 6 rings (SSSR count). The van der Waals surface area contributed by atoms with Gasteiger partial charge in [-0.2, -0.15) is 0 Å². The Morgan fingerprint density at radius 1 is 0.388 bits per heavy atom. The molecule has 0 aliphatic heterocycles. The van der Waals surface area contributed by atoms with Crippen LogP contribution in [-0.2, 0) is 13.6 Å². The average Bonchev–Trinajstić information content (AvgIpc) is 3.16. The molecule has 0 N–H and O–H groups in total. The van der Waals surface area contributed by atoms with Gasteiger partial charge in [-0.25, -0.2) is 0 Å². The molecule has 0 saturated carbocycles. The number of ether oxygens (including phenoxy) is 3. The molecule has 3 unspecified atom stereocenters. The highest BCUT2D eigenvalue weighted by atomic mass is 35.5. The number of alkyl halides is 3. The Morgan fingerprint density at radius 3 is 0.980 bits per heavy atom. The van der Waals surface area contributed by atoms with E-state index in [0.717, 1.165) is 49.6 Å². The van der Waals surface area contributed by atoms with Gasteiger partial charge in [0.1, 0.15) is 55.4 Å². The van der Waals surface area contributed by atoms with Crippen LogP contribution in [-0.4, -0.2) is 55.8 Å². The Morgan fingerprint density at radius 2 is 0.673 bits per heavy atom. The molecule has 0 radical (unpaired) electrons. The number of benzene rings is 6. The maximum absolute atomic E-state index is 6.42. The van der Waals surface area contributed by atoms with Crippen LogP contribution in [0.1, 0.15) is 0 Å². The minimum Gasteiger partial charge on any atom is -0.490 e. The fourth-order valence-corrected chi connectivity index (χ4v) is 7.27. The Kier molecular flexibility index (Phi) is 13.1.